The molecule has 1 amide bonds. The van der Waals surface area contributed by atoms with Gasteiger partial charge in [-0.2, -0.15) is 0 Å². The van der Waals surface area contributed by atoms with Gasteiger partial charge in [0.25, 0.3) is 5.91 Å². The summed E-state index contributed by atoms with van der Waals surface area (Å²) in [6, 6.07) is 4.44. The van der Waals surface area contributed by atoms with E-state index in [1.165, 1.54) is 18.2 Å². The van der Waals surface area contributed by atoms with Gasteiger partial charge in [-0.25, -0.2) is 4.85 Å². The number of fused-ring (bicyclic) bond motifs is 1. The molecule has 0 saturated carbocycles. The number of carboxylic acids is 1. The fourth-order valence-electron chi connectivity index (χ4n) is 2.46. The lowest BCUT2D eigenvalue weighted by atomic mass is 9.71. The smallest absolute Gasteiger partial charge is 0.322 e. The largest absolute Gasteiger partial charge is 0.506 e. The van der Waals surface area contributed by atoms with Crippen LogP contribution in [0.2, 0.25) is 0 Å². The molecule has 23 heavy (non-hydrogen) atoms. The third kappa shape index (κ3) is 2.66. The second-order valence-electron chi connectivity index (χ2n) is 5.60. The van der Waals surface area contributed by atoms with Crippen LogP contribution in [0, 0.1) is 6.57 Å². The summed E-state index contributed by atoms with van der Waals surface area (Å²) in [5, 5.41) is 21.0. The summed E-state index contributed by atoms with van der Waals surface area (Å²) in [6.45, 7) is 9.54. The molecule has 1 aliphatic rings. The Labute approximate surface area is 132 Å². The van der Waals surface area contributed by atoms with Crippen LogP contribution in [-0.2, 0) is 19.8 Å². The van der Waals surface area contributed by atoms with Crippen LogP contribution in [0.3, 0.4) is 0 Å². The summed E-state index contributed by atoms with van der Waals surface area (Å²) in [6.07, 6.45) is 0. The Morgan fingerprint density at radius 3 is 2.57 bits per heavy atom. The molecule has 1 aromatic rings. The van der Waals surface area contributed by atoms with Crippen molar-refractivity contribution in [3.8, 4) is 0 Å². The topological polar surface area (TPSA) is 108 Å². The number of rotatable bonds is 3. The van der Waals surface area contributed by atoms with E-state index in [1.54, 1.807) is 13.8 Å². The molecule has 0 aromatic heterocycles. The lowest BCUT2D eigenvalue weighted by Crippen LogP contribution is -2.42. The van der Waals surface area contributed by atoms with Gasteiger partial charge in [-0.05, 0) is 19.4 Å². The van der Waals surface area contributed by atoms with E-state index in [-0.39, 0.29) is 5.56 Å². The maximum atomic E-state index is 12.6. The first kappa shape index (κ1) is 16.2. The molecule has 7 nitrogen and oxygen atoms in total. The third-order valence-corrected chi connectivity index (χ3v) is 3.72. The predicted octanol–water partition coefficient (Wildman–Crippen LogP) is 1.57. The second-order valence-corrected chi connectivity index (χ2v) is 5.60. The van der Waals surface area contributed by atoms with Gasteiger partial charge < -0.3 is 15.5 Å². The number of hydrogen-bond acceptors (Lipinski definition) is 4. The number of nitrogens with one attached hydrogen (secondary N) is 1. The van der Waals surface area contributed by atoms with E-state index in [2.05, 4.69) is 10.2 Å². The van der Waals surface area contributed by atoms with E-state index in [0.29, 0.717) is 11.3 Å². The maximum absolute atomic E-state index is 12.6. The molecule has 1 aromatic carbocycles. The number of amides is 1. The summed E-state index contributed by atoms with van der Waals surface area (Å²) in [4.78, 5) is 38.5. The molecule has 0 heterocycles. The van der Waals surface area contributed by atoms with Crippen LogP contribution >= 0.6 is 0 Å². The van der Waals surface area contributed by atoms with E-state index in [4.69, 9.17) is 11.7 Å². The molecule has 0 radical (unpaired) electrons. The number of benzene rings is 1. The van der Waals surface area contributed by atoms with E-state index in [1.807, 2.05) is 0 Å². The van der Waals surface area contributed by atoms with Crippen molar-refractivity contribution in [2.24, 2.45) is 0 Å². The highest BCUT2D eigenvalue weighted by Crippen LogP contribution is 2.40. The summed E-state index contributed by atoms with van der Waals surface area (Å²) in [5.74, 6) is -3.35. The van der Waals surface area contributed by atoms with Crippen molar-refractivity contribution in [1.82, 2.24) is 5.32 Å². The summed E-state index contributed by atoms with van der Waals surface area (Å²) in [5.41, 5.74) is -0.556. The van der Waals surface area contributed by atoms with Gasteiger partial charge in [0, 0.05) is 5.56 Å². The molecule has 0 bridgehead atoms. The Hall–Kier alpha value is -3.14. The number of aliphatic hydroxyl groups is 1. The number of nitrogens with zero attached hydrogens (tertiary/aromatic N) is 1. The molecule has 0 fully saturated rings. The van der Waals surface area contributed by atoms with Crippen LogP contribution in [0.1, 0.15) is 25.0 Å². The van der Waals surface area contributed by atoms with E-state index >= 15 is 0 Å². The predicted molar refractivity (Wildman–Crippen MR) is 80.9 cm³/mol. The van der Waals surface area contributed by atoms with Gasteiger partial charge in [-0.1, -0.05) is 18.2 Å². The van der Waals surface area contributed by atoms with E-state index in [0.717, 1.165) is 0 Å². The minimum atomic E-state index is -1.26. The normalized spacial score (nSPS) is 15.6. The minimum absolute atomic E-state index is 0.280. The van der Waals surface area contributed by atoms with Crippen LogP contribution in [0.25, 0.3) is 10.6 Å². The highest BCUT2D eigenvalue weighted by Gasteiger charge is 2.43. The Bertz CT molecular complexity index is 799. The van der Waals surface area contributed by atoms with Crippen molar-refractivity contribution >= 4 is 29.1 Å². The van der Waals surface area contributed by atoms with Crippen LogP contribution in [0.5, 0.6) is 0 Å². The number of aliphatic carboxylic acids is 1. The van der Waals surface area contributed by atoms with Crippen molar-refractivity contribution in [1.29, 1.82) is 0 Å². The van der Waals surface area contributed by atoms with Gasteiger partial charge in [0.1, 0.15) is 17.9 Å². The molecule has 0 saturated heterocycles. The molecule has 0 aliphatic heterocycles. The van der Waals surface area contributed by atoms with Crippen molar-refractivity contribution in [2.75, 3.05) is 6.54 Å². The van der Waals surface area contributed by atoms with Gasteiger partial charge in [0.2, 0.25) is 0 Å². The number of aliphatic hydroxyl groups excluding tert-OH is 1. The Morgan fingerprint density at radius 2 is 2.00 bits per heavy atom. The number of carbonyl (C=O) groups is 3. The van der Waals surface area contributed by atoms with Crippen molar-refractivity contribution in [2.45, 2.75) is 19.3 Å². The summed E-state index contributed by atoms with van der Waals surface area (Å²) < 4.78 is 0. The van der Waals surface area contributed by atoms with Crippen molar-refractivity contribution < 1.29 is 24.6 Å². The SMILES string of the molecule is [C-]#[N+]c1ccc2c(c1)C(C)(C)C(=O)C(C(=O)NCC(=O)O)=C2O. The Balaban J connectivity index is 2.59. The Morgan fingerprint density at radius 1 is 1.35 bits per heavy atom. The van der Waals surface area contributed by atoms with Gasteiger partial charge in [0.15, 0.2) is 11.5 Å². The molecule has 1 aliphatic carbocycles. The first-order valence-electron chi connectivity index (χ1n) is 6.70. The van der Waals surface area contributed by atoms with E-state index in [9.17, 15) is 19.5 Å². The molecule has 2 rings (SSSR count). The molecule has 118 valence electrons. The highest BCUT2D eigenvalue weighted by molar-refractivity contribution is 6.28. The lowest BCUT2D eigenvalue weighted by molar-refractivity contribution is -0.138. The summed E-state index contributed by atoms with van der Waals surface area (Å²) >= 11 is 0. The van der Waals surface area contributed by atoms with Crippen LogP contribution in [0.4, 0.5) is 5.69 Å². The third-order valence-electron chi connectivity index (χ3n) is 3.72. The van der Waals surface area contributed by atoms with Crippen LogP contribution in [0.15, 0.2) is 23.8 Å². The number of Topliss-reactive ketones (excluding diaryl/α,β-unsaturated/α-hetero) is 1. The fraction of sp³-hybridized carbons (Fsp3) is 0.250. The van der Waals surface area contributed by atoms with Crippen LogP contribution in [-0.4, -0.2) is 34.4 Å². The zero-order chi connectivity index (χ0) is 17.4. The summed E-state index contributed by atoms with van der Waals surface area (Å²) in [7, 11) is 0. The number of carbonyl (C=O) groups excluding carboxylic acids is 2. The van der Waals surface area contributed by atoms with Crippen molar-refractivity contribution in [3.05, 3.63) is 46.3 Å². The second kappa shape index (κ2) is 5.57. The maximum Gasteiger partial charge on any atom is 0.322 e. The van der Waals surface area contributed by atoms with Crippen LogP contribution < -0.4 is 5.32 Å². The minimum Gasteiger partial charge on any atom is -0.506 e. The first-order chi connectivity index (χ1) is 10.7. The average Bonchev–Trinajstić information content (AvgIpc) is 2.51. The zero-order valence-electron chi connectivity index (χ0n) is 12.5. The average molecular weight is 314 g/mol. The molecular formula is C16H14N2O5. The van der Waals surface area contributed by atoms with Gasteiger partial charge in [-0.3, -0.25) is 14.4 Å². The van der Waals surface area contributed by atoms with Gasteiger partial charge >= 0.3 is 5.97 Å². The molecule has 0 unspecified atom stereocenters. The number of carboxylic acid groups (broad SMARTS) is 1. The fourth-order valence-corrected chi connectivity index (χ4v) is 2.46. The zero-order valence-corrected chi connectivity index (χ0v) is 12.5. The molecule has 0 atom stereocenters. The van der Waals surface area contributed by atoms with Gasteiger partial charge in [0.05, 0.1) is 12.0 Å². The van der Waals surface area contributed by atoms with Gasteiger partial charge in [-0.15, -0.1) is 0 Å². The quantitative estimate of drug-likeness (QED) is 0.579. The van der Waals surface area contributed by atoms with E-state index < -0.39 is 41.0 Å². The highest BCUT2D eigenvalue weighted by atomic mass is 16.4. The molecule has 3 N–H and O–H groups in total. The lowest BCUT2D eigenvalue weighted by Gasteiger charge is -2.32. The molecule has 7 heteroatoms. The molecule has 0 spiro atoms. The Kier molecular flexibility index (Phi) is 3.93. The number of hydrogen-bond donors (Lipinski definition) is 3. The monoisotopic (exact) mass is 314 g/mol. The first-order valence-corrected chi connectivity index (χ1v) is 6.70. The standard InChI is InChI=1S/C16H14N2O5/c1-16(2)10-6-8(17-3)4-5-9(10)13(21)12(14(16)22)15(23)18-7-11(19)20/h4-6,21H,7H2,1-2H3,(H,18,23)(H,19,20). The molecular weight excluding hydrogens is 300 g/mol. The number of ketones is 1. The van der Waals surface area contributed by atoms with Crippen molar-refractivity contribution in [3.63, 3.8) is 0 Å².